The van der Waals surface area contributed by atoms with Crippen LogP contribution >= 0.6 is 0 Å². The first kappa shape index (κ1) is 13.5. The number of rotatable bonds is 5. The van der Waals surface area contributed by atoms with E-state index < -0.39 is 0 Å². The van der Waals surface area contributed by atoms with Gasteiger partial charge in [0.25, 0.3) is 0 Å². The van der Waals surface area contributed by atoms with Crippen LogP contribution < -0.4 is 0 Å². The predicted octanol–water partition coefficient (Wildman–Crippen LogP) is 3.59. The summed E-state index contributed by atoms with van der Waals surface area (Å²) in [5.74, 6) is 0.659. The Morgan fingerprint density at radius 1 is 1.33 bits per heavy atom. The van der Waals surface area contributed by atoms with E-state index in [2.05, 4.69) is 24.9 Å². The van der Waals surface area contributed by atoms with Gasteiger partial charge in [-0.25, -0.2) is 0 Å². The zero-order valence-electron chi connectivity index (χ0n) is 11.6. The van der Waals surface area contributed by atoms with E-state index in [1.807, 2.05) is 12.3 Å². The Morgan fingerprint density at radius 3 is 2.61 bits per heavy atom. The molecular weight excluding hydrogens is 222 g/mol. The second-order valence-corrected chi connectivity index (χ2v) is 6.25. The van der Waals surface area contributed by atoms with Crippen molar-refractivity contribution in [1.29, 1.82) is 0 Å². The number of aliphatic hydroxyl groups excluding tert-OH is 1. The van der Waals surface area contributed by atoms with Gasteiger partial charge in [-0.15, -0.1) is 0 Å². The minimum atomic E-state index is -0.216. The number of pyridine rings is 1. The molecule has 1 aromatic rings. The minimum Gasteiger partial charge on any atom is -0.392 e. The molecule has 1 atom stereocenters. The van der Waals surface area contributed by atoms with E-state index in [1.54, 1.807) is 6.20 Å². The van der Waals surface area contributed by atoms with Gasteiger partial charge in [-0.3, -0.25) is 4.98 Å². The summed E-state index contributed by atoms with van der Waals surface area (Å²) in [6.45, 7) is 4.52. The summed E-state index contributed by atoms with van der Waals surface area (Å²) in [5.41, 5.74) is 1.31. The molecule has 0 bridgehead atoms. The van der Waals surface area contributed by atoms with Gasteiger partial charge in [0.1, 0.15) is 0 Å². The van der Waals surface area contributed by atoms with Crippen LogP contribution in [0.15, 0.2) is 24.5 Å². The first-order chi connectivity index (χ1) is 8.62. The highest BCUT2D eigenvalue weighted by Gasteiger charge is 2.40. The van der Waals surface area contributed by atoms with E-state index in [4.69, 9.17) is 0 Å². The molecule has 0 amide bonds. The highest BCUT2D eigenvalue weighted by molar-refractivity contribution is 5.11. The van der Waals surface area contributed by atoms with Crippen LogP contribution in [0, 0.1) is 11.3 Å². The molecule has 18 heavy (non-hydrogen) atoms. The van der Waals surface area contributed by atoms with Crippen LogP contribution in [-0.2, 0) is 6.42 Å². The SMILES string of the molecule is CC(C)CC1(C(O)Cc2cccnc2)CCCC1. The van der Waals surface area contributed by atoms with E-state index >= 15 is 0 Å². The Labute approximate surface area is 110 Å². The normalized spacial score (nSPS) is 20.2. The maximum absolute atomic E-state index is 10.7. The Kier molecular flexibility index (Phi) is 4.39. The zero-order valence-corrected chi connectivity index (χ0v) is 11.6. The fourth-order valence-electron chi connectivity index (χ4n) is 3.52. The zero-order chi connectivity index (χ0) is 13.0. The van der Waals surface area contributed by atoms with Crippen molar-refractivity contribution in [2.24, 2.45) is 11.3 Å². The lowest BCUT2D eigenvalue weighted by molar-refractivity contribution is 0.0133. The van der Waals surface area contributed by atoms with Gasteiger partial charge in [0.15, 0.2) is 0 Å². The topological polar surface area (TPSA) is 33.1 Å². The Balaban J connectivity index is 2.06. The first-order valence-electron chi connectivity index (χ1n) is 7.19. The fraction of sp³-hybridized carbons (Fsp3) is 0.688. The summed E-state index contributed by atoms with van der Waals surface area (Å²) in [6.07, 6.45) is 10.3. The van der Waals surface area contributed by atoms with Crippen LogP contribution in [0.4, 0.5) is 0 Å². The van der Waals surface area contributed by atoms with E-state index in [0.29, 0.717) is 5.92 Å². The molecule has 2 heteroatoms. The van der Waals surface area contributed by atoms with Gasteiger partial charge >= 0.3 is 0 Å². The predicted molar refractivity (Wildman–Crippen MR) is 74.3 cm³/mol. The molecule has 0 spiro atoms. The molecule has 1 aliphatic rings. The second-order valence-electron chi connectivity index (χ2n) is 6.25. The largest absolute Gasteiger partial charge is 0.392 e. The van der Waals surface area contributed by atoms with Gasteiger partial charge in [0.05, 0.1) is 6.10 Å². The Hall–Kier alpha value is -0.890. The number of hydrogen-bond donors (Lipinski definition) is 1. The van der Waals surface area contributed by atoms with E-state index in [0.717, 1.165) is 18.4 Å². The van der Waals surface area contributed by atoms with Gasteiger partial charge in [-0.05, 0) is 42.2 Å². The average Bonchev–Trinajstić information content (AvgIpc) is 2.79. The van der Waals surface area contributed by atoms with Gasteiger partial charge in [0, 0.05) is 18.8 Å². The third-order valence-electron chi connectivity index (χ3n) is 4.27. The maximum Gasteiger partial charge on any atom is 0.0637 e. The third-order valence-corrected chi connectivity index (χ3v) is 4.27. The molecule has 1 aromatic heterocycles. The molecule has 0 saturated heterocycles. The number of aliphatic hydroxyl groups is 1. The molecular formula is C16H25NO. The summed E-state index contributed by atoms with van der Waals surface area (Å²) in [7, 11) is 0. The quantitative estimate of drug-likeness (QED) is 0.862. The summed E-state index contributed by atoms with van der Waals surface area (Å²) in [6, 6.07) is 4.01. The number of hydrogen-bond acceptors (Lipinski definition) is 2. The molecule has 1 saturated carbocycles. The van der Waals surface area contributed by atoms with Crippen molar-refractivity contribution in [3.05, 3.63) is 30.1 Å². The molecule has 0 aliphatic heterocycles. The van der Waals surface area contributed by atoms with Crippen molar-refractivity contribution in [1.82, 2.24) is 4.98 Å². The van der Waals surface area contributed by atoms with Crippen molar-refractivity contribution in [3.63, 3.8) is 0 Å². The third kappa shape index (κ3) is 3.11. The van der Waals surface area contributed by atoms with Crippen LogP contribution in [0.3, 0.4) is 0 Å². The van der Waals surface area contributed by atoms with Crippen molar-refractivity contribution < 1.29 is 5.11 Å². The minimum absolute atomic E-state index is 0.157. The molecule has 2 rings (SSSR count). The van der Waals surface area contributed by atoms with Gasteiger partial charge in [0.2, 0.25) is 0 Å². The number of aromatic nitrogens is 1. The maximum atomic E-state index is 10.7. The van der Waals surface area contributed by atoms with E-state index in [-0.39, 0.29) is 11.5 Å². The summed E-state index contributed by atoms with van der Waals surface area (Å²) in [4.78, 5) is 4.14. The molecule has 1 unspecified atom stereocenters. The first-order valence-corrected chi connectivity index (χ1v) is 7.19. The van der Waals surface area contributed by atoms with Crippen molar-refractivity contribution >= 4 is 0 Å². The van der Waals surface area contributed by atoms with Gasteiger partial charge in [-0.2, -0.15) is 0 Å². The highest BCUT2D eigenvalue weighted by Crippen LogP contribution is 2.46. The summed E-state index contributed by atoms with van der Waals surface area (Å²) >= 11 is 0. The van der Waals surface area contributed by atoms with Crippen LogP contribution in [-0.4, -0.2) is 16.2 Å². The van der Waals surface area contributed by atoms with E-state index in [9.17, 15) is 5.11 Å². The second kappa shape index (κ2) is 5.83. The van der Waals surface area contributed by atoms with Crippen LogP contribution in [0.2, 0.25) is 0 Å². The monoisotopic (exact) mass is 247 g/mol. The van der Waals surface area contributed by atoms with Crippen LogP contribution in [0.5, 0.6) is 0 Å². The lowest BCUT2D eigenvalue weighted by Crippen LogP contribution is -2.35. The molecule has 2 nitrogen and oxygen atoms in total. The summed E-state index contributed by atoms with van der Waals surface area (Å²) in [5, 5.41) is 10.7. The van der Waals surface area contributed by atoms with Crippen molar-refractivity contribution in [2.45, 2.75) is 58.5 Å². The lowest BCUT2D eigenvalue weighted by Gasteiger charge is -2.36. The molecule has 1 aliphatic carbocycles. The van der Waals surface area contributed by atoms with Crippen molar-refractivity contribution in [3.8, 4) is 0 Å². The van der Waals surface area contributed by atoms with Crippen molar-refractivity contribution in [2.75, 3.05) is 0 Å². The van der Waals surface area contributed by atoms with E-state index in [1.165, 1.54) is 25.7 Å². The smallest absolute Gasteiger partial charge is 0.0637 e. The summed E-state index contributed by atoms with van der Waals surface area (Å²) < 4.78 is 0. The van der Waals surface area contributed by atoms with Gasteiger partial charge in [-0.1, -0.05) is 32.8 Å². The molecule has 1 N–H and O–H groups in total. The Morgan fingerprint density at radius 2 is 2.06 bits per heavy atom. The number of nitrogens with zero attached hydrogens (tertiary/aromatic N) is 1. The average molecular weight is 247 g/mol. The van der Waals surface area contributed by atoms with Gasteiger partial charge < -0.3 is 5.11 Å². The Bertz CT molecular complexity index is 355. The molecule has 100 valence electrons. The molecule has 1 fully saturated rings. The fourth-order valence-corrected chi connectivity index (χ4v) is 3.52. The van der Waals surface area contributed by atoms with Crippen LogP contribution in [0.1, 0.15) is 51.5 Å². The standard InChI is InChI=1S/C16H25NO/c1-13(2)11-16(7-3-4-8-16)15(18)10-14-6-5-9-17-12-14/h5-6,9,12-13,15,18H,3-4,7-8,10-11H2,1-2H3. The molecule has 0 radical (unpaired) electrons. The lowest BCUT2D eigenvalue weighted by atomic mass is 9.72. The molecule has 0 aromatic carbocycles. The molecule has 1 heterocycles. The van der Waals surface area contributed by atoms with Crippen LogP contribution in [0.25, 0.3) is 0 Å². The highest BCUT2D eigenvalue weighted by atomic mass is 16.3.